The van der Waals surface area contributed by atoms with Gasteiger partial charge in [-0.2, -0.15) is 0 Å². The summed E-state index contributed by atoms with van der Waals surface area (Å²) in [5.74, 6) is 0.0383. The van der Waals surface area contributed by atoms with Crippen molar-refractivity contribution in [2.75, 3.05) is 13.2 Å². The van der Waals surface area contributed by atoms with Crippen LogP contribution in [0.25, 0.3) is 0 Å². The van der Waals surface area contributed by atoms with E-state index in [9.17, 15) is 25.9 Å². The molecule has 2 atom stereocenters. The molecule has 0 aliphatic carbocycles. The van der Waals surface area contributed by atoms with E-state index in [4.69, 9.17) is 0 Å². The Bertz CT molecular complexity index is 1190. The number of unbranched alkanes of at least 4 members (excludes halogenated alkanes) is 42. The Morgan fingerprint density at radius 3 is 0.690 bits per heavy atom. The number of hydrogen-bond donors (Lipinski definition) is 0. The summed E-state index contributed by atoms with van der Waals surface area (Å²) < 4.78 is 74.2. The second-order valence-corrected chi connectivity index (χ2v) is 23.2. The molecule has 0 bridgehead atoms. The van der Waals surface area contributed by atoms with Gasteiger partial charge in [0.2, 0.25) is 20.8 Å². The fraction of sp³-hybridized carbons (Fsp3) is 0.933. The largest absolute Gasteiger partial charge is 2.00 e. The molecule has 0 amide bonds. The van der Waals surface area contributed by atoms with Crippen LogP contribution < -0.4 is 0 Å². The van der Waals surface area contributed by atoms with E-state index in [1.807, 2.05) is 0 Å². The quantitative estimate of drug-likeness (QED) is 0.0193. The molecule has 2 unspecified atom stereocenters. The number of rotatable bonds is 56. The molecule has 8 nitrogen and oxygen atoms in total. The van der Waals surface area contributed by atoms with Crippen molar-refractivity contribution in [3.05, 3.63) is 24.3 Å². The zero-order valence-corrected chi connectivity index (χ0v) is 51.5. The Balaban J connectivity index is -0.00000128. The predicted molar refractivity (Wildman–Crippen MR) is 307 cm³/mol. The topological polar surface area (TPSA) is 133 Å². The van der Waals surface area contributed by atoms with Gasteiger partial charge in [-0.1, -0.05) is 322 Å². The summed E-state index contributed by atoms with van der Waals surface area (Å²) in [7, 11) is -9.22. The van der Waals surface area contributed by atoms with E-state index in [1.54, 1.807) is 0 Å². The maximum absolute atomic E-state index is 10.8. The van der Waals surface area contributed by atoms with E-state index in [0.717, 1.165) is 38.5 Å². The molecule has 71 heavy (non-hydrogen) atoms. The van der Waals surface area contributed by atoms with Crippen molar-refractivity contribution in [3.8, 4) is 0 Å². The summed E-state index contributed by atoms with van der Waals surface area (Å²) in [6.07, 6.45) is 70.6. The van der Waals surface area contributed by atoms with Gasteiger partial charge in [0.05, 0.1) is 13.2 Å². The summed E-state index contributed by atoms with van der Waals surface area (Å²) in [5, 5.41) is 0. The van der Waals surface area contributed by atoms with Gasteiger partial charge in [0, 0.05) is 11.8 Å². The van der Waals surface area contributed by atoms with Crippen LogP contribution in [-0.2, 0) is 29.2 Å². The molecule has 0 aromatic heterocycles. The first-order chi connectivity index (χ1) is 34.0. The zero-order valence-electron chi connectivity index (χ0n) is 47.6. The minimum absolute atomic E-state index is 0. The van der Waals surface area contributed by atoms with Gasteiger partial charge in [0.1, 0.15) is 0 Å². The summed E-state index contributed by atoms with van der Waals surface area (Å²) in [4.78, 5) is 0. The van der Waals surface area contributed by atoms with Crippen molar-refractivity contribution in [1.82, 2.24) is 0 Å². The third kappa shape index (κ3) is 70.5. The van der Waals surface area contributed by atoms with Gasteiger partial charge < -0.3 is 9.11 Å². The van der Waals surface area contributed by atoms with E-state index < -0.39 is 20.8 Å². The average Bonchev–Trinajstić information content (AvgIpc) is 3.32. The van der Waals surface area contributed by atoms with Gasteiger partial charge in [0.15, 0.2) is 0 Å². The van der Waals surface area contributed by atoms with Crippen LogP contribution in [0.1, 0.15) is 336 Å². The van der Waals surface area contributed by atoms with Crippen molar-refractivity contribution in [3.63, 3.8) is 0 Å². The second kappa shape index (κ2) is 61.3. The summed E-state index contributed by atoms with van der Waals surface area (Å²) in [5.41, 5.74) is 0. The third-order valence-corrected chi connectivity index (χ3v) is 14.8. The molecule has 0 heterocycles. The average molecular weight is 1070 g/mol. The molecule has 0 spiro atoms. The molecule has 0 aliphatic heterocycles. The molecule has 0 saturated carbocycles. The van der Waals surface area contributed by atoms with Crippen LogP contribution >= 0.6 is 0 Å². The predicted octanol–water partition coefficient (Wildman–Crippen LogP) is 19.7. The Hall–Kier alpha value is 0.480. The van der Waals surface area contributed by atoms with Gasteiger partial charge >= 0.3 is 37.7 Å². The zero-order chi connectivity index (χ0) is 51.8. The smallest absolute Gasteiger partial charge is 0.726 e. The van der Waals surface area contributed by atoms with Gasteiger partial charge in [-0.3, -0.25) is 8.37 Å². The molecule has 0 aromatic rings. The maximum Gasteiger partial charge on any atom is 2.00 e. The van der Waals surface area contributed by atoms with Crippen molar-refractivity contribution >= 4 is 58.5 Å². The molecule has 0 radical (unpaired) electrons. The van der Waals surface area contributed by atoms with E-state index in [1.165, 1.54) is 270 Å². The van der Waals surface area contributed by atoms with Crippen molar-refractivity contribution in [1.29, 1.82) is 0 Å². The molecule has 0 fully saturated rings. The summed E-state index contributed by atoms with van der Waals surface area (Å²) in [6, 6.07) is 0. The normalized spacial score (nSPS) is 12.9. The Labute approximate surface area is 474 Å². The summed E-state index contributed by atoms with van der Waals surface area (Å²) >= 11 is 0. The molecule has 0 aromatic carbocycles. The first kappa shape index (κ1) is 75.7. The molecular formula is C60H118CaO8S2. The molecule has 420 valence electrons. The van der Waals surface area contributed by atoms with Crippen LogP contribution in [0.5, 0.6) is 0 Å². The van der Waals surface area contributed by atoms with Crippen LogP contribution in [0.2, 0.25) is 0 Å². The fourth-order valence-electron chi connectivity index (χ4n) is 9.38. The Morgan fingerprint density at radius 2 is 0.493 bits per heavy atom. The van der Waals surface area contributed by atoms with Crippen LogP contribution in [0.4, 0.5) is 0 Å². The summed E-state index contributed by atoms with van der Waals surface area (Å²) in [6.45, 7) is 8.95. The van der Waals surface area contributed by atoms with Gasteiger partial charge in [-0.25, -0.2) is 16.8 Å². The third-order valence-electron chi connectivity index (χ3n) is 14.0. The van der Waals surface area contributed by atoms with E-state index in [-0.39, 0.29) is 62.8 Å². The van der Waals surface area contributed by atoms with E-state index in [2.05, 4.69) is 60.4 Å². The van der Waals surface area contributed by atoms with Gasteiger partial charge in [-0.05, 0) is 38.5 Å². The van der Waals surface area contributed by atoms with E-state index >= 15 is 0 Å². The van der Waals surface area contributed by atoms with Crippen molar-refractivity contribution < 1.29 is 34.3 Å². The minimum atomic E-state index is -4.61. The van der Waals surface area contributed by atoms with Crippen LogP contribution in [0, 0.1) is 11.8 Å². The number of allylic oxidation sites excluding steroid dienone is 2. The number of hydrogen-bond acceptors (Lipinski definition) is 8. The molecule has 0 rings (SSSR count). The van der Waals surface area contributed by atoms with E-state index in [0.29, 0.717) is 0 Å². The Morgan fingerprint density at radius 1 is 0.310 bits per heavy atom. The monoisotopic (exact) mass is 1070 g/mol. The van der Waals surface area contributed by atoms with Gasteiger partial charge in [0.25, 0.3) is 0 Å². The second-order valence-electron chi connectivity index (χ2n) is 21.1. The molecule has 0 N–H and O–H groups in total. The SMILES string of the molecule is CCCCCCC/C=C/C(CCCCCCCCCCCCCCCCCCC)COS(=O)(=O)[O-].CCCCCCC/C=C/C(CCCCCCCCCCCCCCCCCCC)COS(=O)(=O)[O-].[Ca+2]. The molecule has 0 saturated heterocycles. The molecule has 11 heteroatoms. The van der Waals surface area contributed by atoms with Crippen LogP contribution in [-0.4, -0.2) is 76.9 Å². The van der Waals surface area contributed by atoms with Gasteiger partial charge in [-0.15, -0.1) is 0 Å². The first-order valence-corrected chi connectivity index (χ1v) is 33.2. The minimum Gasteiger partial charge on any atom is -0.726 e. The first-order valence-electron chi connectivity index (χ1n) is 30.5. The molecule has 0 aliphatic rings. The van der Waals surface area contributed by atoms with Crippen LogP contribution in [0.15, 0.2) is 24.3 Å². The Kier molecular flexibility index (Phi) is 65.4. The van der Waals surface area contributed by atoms with Crippen LogP contribution in [0.3, 0.4) is 0 Å². The standard InChI is InChI=1S/2C30H60O4S.Ca/c2*1-3-5-7-9-11-12-13-14-15-16-17-18-19-20-22-24-26-28-30(29-34-35(31,32)33)27-25-23-21-10-8-6-4-2;/h2*25,27,30H,3-24,26,28-29H2,1-2H3,(H,31,32,33);/q;;+2/p-2/b2*27-25+;. The maximum atomic E-state index is 10.8. The van der Waals surface area contributed by atoms with Crippen molar-refractivity contribution in [2.45, 2.75) is 336 Å². The van der Waals surface area contributed by atoms with Crippen molar-refractivity contribution in [2.24, 2.45) is 11.8 Å². The molecular weight excluding hydrogens is 953 g/mol. The fourth-order valence-corrected chi connectivity index (χ4v) is 10.1.